The first-order chi connectivity index (χ1) is 9.76. The van der Waals surface area contributed by atoms with Crippen molar-refractivity contribution >= 4 is 12.0 Å². The predicted octanol–water partition coefficient (Wildman–Crippen LogP) is 1.44. The number of hydrogen-bond acceptors (Lipinski definition) is 3. The van der Waals surface area contributed by atoms with Gasteiger partial charge >= 0.3 is 18.2 Å². The van der Waals surface area contributed by atoms with E-state index in [-0.39, 0.29) is 6.54 Å². The number of urea groups is 1. The number of aliphatic carboxylic acids is 1. The van der Waals surface area contributed by atoms with Gasteiger partial charge in [0.1, 0.15) is 0 Å². The zero-order valence-corrected chi connectivity index (χ0v) is 11.4. The number of carboxylic acid groups (broad SMARTS) is 1. The Bertz CT molecular complexity index is 424. The van der Waals surface area contributed by atoms with Crippen molar-refractivity contribution in [2.45, 2.75) is 31.9 Å². The monoisotopic (exact) mass is 309 g/mol. The highest BCUT2D eigenvalue weighted by Gasteiger charge is 2.64. The number of likely N-dealkylation sites (tertiary alicyclic amines) is 1. The molecule has 21 heavy (non-hydrogen) atoms. The van der Waals surface area contributed by atoms with Gasteiger partial charge in [-0.2, -0.15) is 13.2 Å². The topological polar surface area (TPSA) is 72.9 Å². The summed E-state index contributed by atoms with van der Waals surface area (Å²) in [6.45, 7) is 0.253. The van der Waals surface area contributed by atoms with E-state index in [1.165, 1.54) is 0 Å². The maximum atomic E-state index is 13.0. The Morgan fingerprint density at radius 1 is 1.10 bits per heavy atom. The predicted molar refractivity (Wildman–Crippen MR) is 66.3 cm³/mol. The molecule has 120 valence electrons. The van der Waals surface area contributed by atoms with E-state index >= 15 is 0 Å². The Hall–Kier alpha value is -1.51. The Morgan fingerprint density at radius 2 is 1.71 bits per heavy atom. The summed E-state index contributed by atoms with van der Waals surface area (Å²) in [7, 11) is 0. The second-order valence-electron chi connectivity index (χ2n) is 5.52. The van der Waals surface area contributed by atoms with Gasteiger partial charge in [-0.1, -0.05) is 6.42 Å². The molecule has 0 spiro atoms. The van der Waals surface area contributed by atoms with Crippen molar-refractivity contribution in [3.8, 4) is 0 Å². The number of carbonyl (C=O) groups is 2. The summed E-state index contributed by atoms with van der Waals surface area (Å²) in [5.41, 5.74) is -0.306. The summed E-state index contributed by atoms with van der Waals surface area (Å²) >= 11 is 0. The number of hydrogen-bond donors (Lipinski definition) is 2. The van der Waals surface area contributed by atoms with E-state index in [0.717, 1.165) is 24.2 Å². The minimum atomic E-state index is -4.88. The smallest absolute Gasteiger partial charge is 0.406 e. The Labute approximate surface area is 119 Å². The average molecular weight is 309 g/mol. The van der Waals surface area contributed by atoms with Crippen LogP contribution in [0.1, 0.15) is 25.7 Å². The lowest BCUT2D eigenvalue weighted by Crippen LogP contribution is -2.52. The van der Waals surface area contributed by atoms with Gasteiger partial charge < -0.3 is 10.0 Å². The fraction of sp³-hybridized carbons (Fsp3) is 0.833. The number of hydrazine groups is 1. The number of halogens is 3. The summed E-state index contributed by atoms with van der Waals surface area (Å²) in [5.74, 6) is -1.93. The molecule has 0 aromatic rings. The van der Waals surface area contributed by atoms with Crippen molar-refractivity contribution in [2.24, 2.45) is 5.41 Å². The molecule has 2 heterocycles. The second kappa shape index (κ2) is 5.70. The highest BCUT2D eigenvalue weighted by Crippen LogP contribution is 2.45. The molecule has 1 atom stereocenters. The number of rotatable bonds is 2. The highest BCUT2D eigenvalue weighted by molar-refractivity contribution is 5.80. The quantitative estimate of drug-likeness (QED) is 0.809. The fourth-order valence-corrected chi connectivity index (χ4v) is 2.72. The molecule has 6 nitrogen and oxygen atoms in total. The highest BCUT2D eigenvalue weighted by atomic mass is 19.4. The molecule has 0 radical (unpaired) electrons. The van der Waals surface area contributed by atoms with Gasteiger partial charge in [-0.15, -0.1) is 0 Å². The van der Waals surface area contributed by atoms with Crippen molar-refractivity contribution < 1.29 is 27.9 Å². The zero-order chi connectivity index (χ0) is 15.7. The lowest BCUT2D eigenvalue weighted by molar-refractivity contribution is -0.227. The third-order valence-corrected chi connectivity index (χ3v) is 4.12. The van der Waals surface area contributed by atoms with Crippen LogP contribution in [0.2, 0.25) is 0 Å². The summed E-state index contributed by atoms with van der Waals surface area (Å²) < 4.78 is 39.0. The summed E-state index contributed by atoms with van der Waals surface area (Å²) in [6, 6.07) is -0.663. The van der Waals surface area contributed by atoms with E-state index < -0.39 is 36.6 Å². The van der Waals surface area contributed by atoms with Gasteiger partial charge in [-0.25, -0.2) is 9.80 Å². The maximum absolute atomic E-state index is 13.0. The molecule has 2 rings (SSSR count). The summed E-state index contributed by atoms with van der Waals surface area (Å²) in [4.78, 5) is 23.9. The van der Waals surface area contributed by atoms with Crippen LogP contribution in [0.4, 0.5) is 18.0 Å². The zero-order valence-electron chi connectivity index (χ0n) is 11.4. The van der Waals surface area contributed by atoms with Crippen LogP contribution in [-0.2, 0) is 4.79 Å². The van der Waals surface area contributed by atoms with E-state index in [1.807, 2.05) is 0 Å². The third kappa shape index (κ3) is 3.07. The Kier molecular flexibility index (Phi) is 4.31. The summed E-state index contributed by atoms with van der Waals surface area (Å²) in [5, 5.41) is 10.6. The molecule has 2 saturated heterocycles. The van der Waals surface area contributed by atoms with Crippen molar-refractivity contribution in [3.63, 3.8) is 0 Å². The maximum Gasteiger partial charge on any atom is 0.406 e. The minimum absolute atomic E-state index is 0.217. The number of nitrogens with zero attached hydrogens (tertiary/aromatic N) is 2. The Balaban J connectivity index is 2.00. The molecule has 2 fully saturated rings. The van der Waals surface area contributed by atoms with Crippen LogP contribution in [0, 0.1) is 5.41 Å². The lowest BCUT2D eigenvalue weighted by atomic mass is 9.86. The number of piperidine rings is 1. The van der Waals surface area contributed by atoms with Crippen molar-refractivity contribution in [1.29, 1.82) is 0 Å². The van der Waals surface area contributed by atoms with Gasteiger partial charge in [0.25, 0.3) is 0 Å². The second-order valence-corrected chi connectivity index (χ2v) is 5.52. The van der Waals surface area contributed by atoms with Crippen LogP contribution in [0.5, 0.6) is 0 Å². The molecule has 9 heteroatoms. The molecule has 2 amide bonds. The molecule has 2 N–H and O–H groups in total. The normalized spacial score (nSPS) is 27.7. The Morgan fingerprint density at radius 3 is 2.19 bits per heavy atom. The largest absolute Gasteiger partial charge is 0.481 e. The SMILES string of the molecule is O=C(NN1CCCCC1)N1CCC(C(=O)O)(C(F)(F)F)C1. The van der Waals surface area contributed by atoms with Gasteiger partial charge in [-0.3, -0.25) is 10.2 Å². The van der Waals surface area contributed by atoms with Crippen LogP contribution < -0.4 is 5.43 Å². The molecule has 0 saturated carbocycles. The molecule has 0 aromatic heterocycles. The summed E-state index contributed by atoms with van der Waals surface area (Å²) in [6.07, 6.45) is -2.59. The molecule has 0 bridgehead atoms. The standard InChI is InChI=1S/C12H18F3N3O3/c13-12(14,15)11(9(19)20)4-7-17(8-11)10(21)16-18-5-2-1-3-6-18/h1-8H2,(H,16,21)(H,19,20). The van der Waals surface area contributed by atoms with E-state index in [9.17, 15) is 22.8 Å². The van der Waals surface area contributed by atoms with E-state index in [1.54, 1.807) is 5.01 Å². The number of amides is 2. The van der Waals surface area contributed by atoms with Crippen molar-refractivity contribution in [2.75, 3.05) is 26.2 Å². The van der Waals surface area contributed by atoms with E-state index in [4.69, 9.17) is 5.11 Å². The lowest BCUT2D eigenvalue weighted by Gasteiger charge is -2.30. The molecule has 0 aliphatic carbocycles. The fourth-order valence-electron chi connectivity index (χ4n) is 2.72. The number of carbonyl (C=O) groups excluding carboxylic acids is 1. The van der Waals surface area contributed by atoms with Gasteiger partial charge in [0.05, 0.1) is 0 Å². The van der Waals surface area contributed by atoms with E-state index in [0.29, 0.717) is 13.1 Å². The van der Waals surface area contributed by atoms with Gasteiger partial charge in [-0.05, 0) is 19.3 Å². The van der Waals surface area contributed by atoms with Gasteiger partial charge in [0.2, 0.25) is 0 Å². The first-order valence-corrected chi connectivity index (χ1v) is 6.87. The number of carboxylic acids is 1. The van der Waals surface area contributed by atoms with Crippen LogP contribution >= 0.6 is 0 Å². The van der Waals surface area contributed by atoms with Crippen molar-refractivity contribution in [1.82, 2.24) is 15.3 Å². The van der Waals surface area contributed by atoms with Crippen LogP contribution in [0.15, 0.2) is 0 Å². The van der Waals surface area contributed by atoms with Gasteiger partial charge in [0, 0.05) is 26.2 Å². The molecular formula is C12H18F3N3O3. The minimum Gasteiger partial charge on any atom is -0.481 e. The average Bonchev–Trinajstić information content (AvgIpc) is 2.86. The van der Waals surface area contributed by atoms with Gasteiger partial charge in [0.15, 0.2) is 5.41 Å². The first kappa shape index (κ1) is 15.9. The van der Waals surface area contributed by atoms with Crippen LogP contribution in [-0.4, -0.2) is 59.4 Å². The molecule has 0 aromatic carbocycles. The number of alkyl halides is 3. The van der Waals surface area contributed by atoms with Crippen molar-refractivity contribution in [3.05, 3.63) is 0 Å². The third-order valence-electron chi connectivity index (χ3n) is 4.12. The molecule has 2 aliphatic heterocycles. The molecule has 1 unspecified atom stereocenters. The molecule has 2 aliphatic rings. The van der Waals surface area contributed by atoms with Crippen LogP contribution in [0.3, 0.4) is 0 Å². The first-order valence-electron chi connectivity index (χ1n) is 6.87. The van der Waals surface area contributed by atoms with Crippen LogP contribution in [0.25, 0.3) is 0 Å². The molecular weight excluding hydrogens is 291 g/mol. The number of nitrogens with one attached hydrogen (secondary N) is 1. The van der Waals surface area contributed by atoms with E-state index in [2.05, 4.69) is 5.43 Å².